The molecule has 5 nitrogen and oxygen atoms in total. The second-order valence-electron chi connectivity index (χ2n) is 3.44. The summed E-state index contributed by atoms with van der Waals surface area (Å²) in [6.45, 7) is 1.63. The SMILES string of the molecule is Cc1nc(-c2ccccc2F)cn1NC(=O)O. The Morgan fingerprint density at radius 3 is 2.82 bits per heavy atom. The molecule has 1 heterocycles. The van der Waals surface area contributed by atoms with E-state index in [1.54, 1.807) is 25.1 Å². The first-order chi connectivity index (χ1) is 8.08. The molecule has 0 aliphatic rings. The second-order valence-corrected chi connectivity index (χ2v) is 3.44. The average Bonchev–Trinajstić information content (AvgIpc) is 2.60. The van der Waals surface area contributed by atoms with Crippen LogP contribution in [0.15, 0.2) is 30.5 Å². The number of rotatable bonds is 2. The van der Waals surface area contributed by atoms with Crippen molar-refractivity contribution in [2.75, 3.05) is 5.43 Å². The van der Waals surface area contributed by atoms with Crippen LogP contribution < -0.4 is 5.43 Å². The number of hydrogen-bond acceptors (Lipinski definition) is 2. The van der Waals surface area contributed by atoms with Crippen LogP contribution >= 0.6 is 0 Å². The fourth-order valence-electron chi connectivity index (χ4n) is 1.49. The van der Waals surface area contributed by atoms with Gasteiger partial charge in [-0.05, 0) is 19.1 Å². The number of carbonyl (C=O) groups is 1. The normalized spacial score (nSPS) is 10.2. The smallest absolute Gasteiger partial charge is 0.424 e. The molecule has 0 saturated heterocycles. The molecule has 17 heavy (non-hydrogen) atoms. The Morgan fingerprint density at radius 1 is 1.47 bits per heavy atom. The topological polar surface area (TPSA) is 67.2 Å². The summed E-state index contributed by atoms with van der Waals surface area (Å²) in [7, 11) is 0. The van der Waals surface area contributed by atoms with Gasteiger partial charge in [-0.25, -0.2) is 24.3 Å². The Labute approximate surface area is 96.5 Å². The van der Waals surface area contributed by atoms with E-state index in [1.165, 1.54) is 16.9 Å². The highest BCUT2D eigenvalue weighted by Gasteiger charge is 2.10. The first kappa shape index (κ1) is 11.1. The van der Waals surface area contributed by atoms with Crippen LogP contribution in [0.5, 0.6) is 0 Å². The van der Waals surface area contributed by atoms with Crippen molar-refractivity contribution in [1.29, 1.82) is 0 Å². The van der Waals surface area contributed by atoms with E-state index in [0.717, 1.165) is 0 Å². The lowest BCUT2D eigenvalue weighted by Crippen LogP contribution is -2.20. The number of aromatic nitrogens is 2. The summed E-state index contributed by atoms with van der Waals surface area (Å²) in [4.78, 5) is 14.6. The standard InChI is InChI=1S/C11H10FN3O2/c1-7-13-10(6-15(7)14-11(16)17)8-4-2-3-5-9(8)12/h2-6,14H,1H3,(H,16,17). The lowest BCUT2D eigenvalue weighted by molar-refractivity contribution is 0.206. The highest BCUT2D eigenvalue weighted by Crippen LogP contribution is 2.21. The van der Waals surface area contributed by atoms with Gasteiger partial charge in [0.25, 0.3) is 0 Å². The van der Waals surface area contributed by atoms with Crippen LogP contribution in [0.1, 0.15) is 5.82 Å². The molecule has 0 unspecified atom stereocenters. The van der Waals surface area contributed by atoms with Gasteiger partial charge in [0.1, 0.15) is 11.6 Å². The van der Waals surface area contributed by atoms with E-state index in [4.69, 9.17) is 5.11 Å². The molecule has 1 aromatic heterocycles. The van der Waals surface area contributed by atoms with Crippen LogP contribution in [0.4, 0.5) is 9.18 Å². The number of imidazole rings is 1. The van der Waals surface area contributed by atoms with Crippen LogP contribution in [0, 0.1) is 12.7 Å². The molecular formula is C11H10FN3O2. The van der Waals surface area contributed by atoms with Gasteiger partial charge in [-0.1, -0.05) is 12.1 Å². The van der Waals surface area contributed by atoms with Gasteiger partial charge in [0, 0.05) is 5.56 Å². The Balaban J connectivity index is 2.41. The zero-order valence-corrected chi connectivity index (χ0v) is 9.01. The summed E-state index contributed by atoms with van der Waals surface area (Å²) in [5, 5.41) is 8.59. The van der Waals surface area contributed by atoms with E-state index >= 15 is 0 Å². The predicted octanol–water partition coefficient (Wildman–Crippen LogP) is 2.22. The van der Waals surface area contributed by atoms with Gasteiger partial charge in [-0.3, -0.25) is 0 Å². The zero-order valence-electron chi connectivity index (χ0n) is 9.01. The lowest BCUT2D eigenvalue weighted by Gasteiger charge is -2.01. The van der Waals surface area contributed by atoms with E-state index < -0.39 is 11.9 Å². The molecule has 0 aliphatic carbocycles. The van der Waals surface area contributed by atoms with Gasteiger partial charge < -0.3 is 5.11 Å². The van der Waals surface area contributed by atoms with Crippen molar-refractivity contribution >= 4 is 6.09 Å². The number of hydrogen-bond donors (Lipinski definition) is 2. The average molecular weight is 235 g/mol. The maximum absolute atomic E-state index is 13.5. The first-order valence-corrected chi connectivity index (χ1v) is 4.89. The summed E-state index contributed by atoms with van der Waals surface area (Å²) < 4.78 is 14.7. The van der Waals surface area contributed by atoms with Gasteiger partial charge in [0.05, 0.1) is 11.9 Å². The van der Waals surface area contributed by atoms with Crippen molar-refractivity contribution < 1.29 is 14.3 Å². The molecule has 2 rings (SSSR count). The minimum absolute atomic E-state index is 0.335. The molecule has 0 aliphatic heterocycles. The van der Waals surface area contributed by atoms with Crippen LogP contribution in [0.3, 0.4) is 0 Å². The Bertz CT molecular complexity index is 566. The summed E-state index contributed by atoms with van der Waals surface area (Å²) in [6.07, 6.45) is 0.229. The Morgan fingerprint density at radius 2 is 2.18 bits per heavy atom. The largest absolute Gasteiger partial charge is 0.464 e. The minimum atomic E-state index is -1.20. The quantitative estimate of drug-likeness (QED) is 0.838. The molecule has 6 heteroatoms. The van der Waals surface area contributed by atoms with Crippen molar-refractivity contribution in [3.8, 4) is 11.3 Å². The number of nitrogens with zero attached hydrogens (tertiary/aromatic N) is 2. The number of benzene rings is 1. The third kappa shape index (κ3) is 2.25. The number of carboxylic acid groups (broad SMARTS) is 1. The van der Waals surface area contributed by atoms with Gasteiger partial charge in [-0.2, -0.15) is 0 Å². The molecule has 0 saturated carbocycles. The van der Waals surface area contributed by atoms with Crippen molar-refractivity contribution in [3.05, 3.63) is 42.1 Å². The Kier molecular flexibility index (Phi) is 2.78. The number of amides is 1. The van der Waals surface area contributed by atoms with Crippen molar-refractivity contribution in [3.63, 3.8) is 0 Å². The van der Waals surface area contributed by atoms with Gasteiger partial charge >= 0.3 is 6.09 Å². The van der Waals surface area contributed by atoms with Crippen molar-refractivity contribution in [2.45, 2.75) is 6.92 Å². The van der Waals surface area contributed by atoms with E-state index in [0.29, 0.717) is 17.1 Å². The minimum Gasteiger partial charge on any atom is -0.464 e. The Hall–Kier alpha value is -2.37. The molecule has 2 aromatic rings. The molecule has 0 atom stereocenters. The molecule has 1 aromatic carbocycles. The zero-order chi connectivity index (χ0) is 12.4. The third-order valence-corrected chi connectivity index (χ3v) is 2.25. The molecule has 2 N–H and O–H groups in total. The van der Waals surface area contributed by atoms with Crippen LogP contribution in [0.25, 0.3) is 11.3 Å². The van der Waals surface area contributed by atoms with Gasteiger partial charge in [0.15, 0.2) is 0 Å². The number of aryl methyl sites for hydroxylation is 1. The predicted molar refractivity (Wildman–Crippen MR) is 59.7 cm³/mol. The molecule has 0 fully saturated rings. The van der Waals surface area contributed by atoms with Crippen LogP contribution in [-0.2, 0) is 0 Å². The second kappa shape index (κ2) is 4.25. The van der Waals surface area contributed by atoms with Gasteiger partial charge in [0.2, 0.25) is 0 Å². The molecule has 0 spiro atoms. The monoisotopic (exact) mass is 235 g/mol. The highest BCUT2D eigenvalue weighted by molar-refractivity contribution is 5.73. The molecule has 88 valence electrons. The molecule has 0 radical (unpaired) electrons. The van der Waals surface area contributed by atoms with Crippen LogP contribution in [-0.4, -0.2) is 20.9 Å². The summed E-state index contributed by atoms with van der Waals surface area (Å²) >= 11 is 0. The highest BCUT2D eigenvalue weighted by atomic mass is 19.1. The third-order valence-electron chi connectivity index (χ3n) is 2.25. The summed E-state index contributed by atoms with van der Waals surface area (Å²) in [5.74, 6) is 0.0399. The number of halogens is 1. The van der Waals surface area contributed by atoms with Crippen LogP contribution in [0.2, 0.25) is 0 Å². The van der Waals surface area contributed by atoms with Crippen molar-refractivity contribution in [2.24, 2.45) is 0 Å². The summed E-state index contributed by atoms with van der Waals surface area (Å²) in [5.41, 5.74) is 2.85. The number of nitrogens with one attached hydrogen (secondary N) is 1. The maximum Gasteiger partial charge on any atom is 0.424 e. The maximum atomic E-state index is 13.5. The van der Waals surface area contributed by atoms with Gasteiger partial charge in [-0.15, -0.1) is 0 Å². The van der Waals surface area contributed by atoms with Crippen molar-refractivity contribution in [1.82, 2.24) is 9.66 Å². The van der Waals surface area contributed by atoms with E-state index in [-0.39, 0.29) is 0 Å². The van der Waals surface area contributed by atoms with E-state index in [1.807, 2.05) is 0 Å². The molecular weight excluding hydrogens is 225 g/mol. The summed E-state index contributed by atoms with van der Waals surface area (Å²) in [6, 6.07) is 6.19. The first-order valence-electron chi connectivity index (χ1n) is 4.89. The fraction of sp³-hybridized carbons (Fsp3) is 0.0909. The van der Waals surface area contributed by atoms with E-state index in [9.17, 15) is 9.18 Å². The lowest BCUT2D eigenvalue weighted by atomic mass is 10.1. The fourth-order valence-corrected chi connectivity index (χ4v) is 1.49. The molecule has 0 bridgehead atoms. The van der Waals surface area contributed by atoms with E-state index in [2.05, 4.69) is 10.4 Å². The molecule has 1 amide bonds.